The number of non-ortho nitro benzene ring substituents is 1. The summed E-state index contributed by atoms with van der Waals surface area (Å²) >= 11 is 6.59. The number of nitrogens with zero attached hydrogens (tertiary/aromatic N) is 1. The largest absolute Gasteiger partial charge is 0.466 e. The molecule has 11 heteroatoms. The third kappa shape index (κ3) is 6.86. The molecule has 0 fully saturated rings. The van der Waals surface area contributed by atoms with Gasteiger partial charge in [-0.1, -0.05) is 44.0 Å². The van der Waals surface area contributed by atoms with Gasteiger partial charge in [0.05, 0.1) is 18.0 Å². The van der Waals surface area contributed by atoms with Crippen LogP contribution in [0.5, 0.6) is 0 Å². The molecule has 2 rings (SSSR count). The number of hydrogen-bond acceptors (Lipinski definition) is 6. The highest BCUT2D eigenvalue weighted by molar-refractivity contribution is 9.11. The first-order valence-electron chi connectivity index (χ1n) is 9.08. The van der Waals surface area contributed by atoms with Crippen LogP contribution >= 0.6 is 31.9 Å². The highest BCUT2D eigenvalue weighted by atomic mass is 79.9. The molecule has 9 nitrogen and oxygen atoms in total. The first kappa shape index (κ1) is 24.5. The van der Waals surface area contributed by atoms with Gasteiger partial charge in [0.1, 0.15) is 6.04 Å². The lowest BCUT2D eigenvalue weighted by atomic mass is 9.87. The monoisotopic (exact) mass is 555 g/mol. The van der Waals surface area contributed by atoms with Gasteiger partial charge < -0.3 is 15.8 Å². The van der Waals surface area contributed by atoms with Crippen molar-refractivity contribution in [1.29, 1.82) is 0 Å². The highest BCUT2D eigenvalue weighted by Crippen LogP contribution is 2.27. The zero-order chi connectivity index (χ0) is 23.1. The van der Waals surface area contributed by atoms with Crippen LogP contribution in [0, 0.1) is 10.1 Å². The lowest BCUT2D eigenvalue weighted by Gasteiger charge is -2.25. The number of nitro benzene ring substituents is 1. The van der Waals surface area contributed by atoms with Crippen molar-refractivity contribution in [3.8, 4) is 0 Å². The van der Waals surface area contributed by atoms with Crippen LogP contribution in [0.4, 0.5) is 5.69 Å². The quantitative estimate of drug-likeness (QED) is 0.275. The first-order chi connectivity index (χ1) is 14.6. The molecule has 0 radical (unpaired) electrons. The van der Waals surface area contributed by atoms with Crippen LogP contribution in [-0.2, 0) is 14.3 Å². The van der Waals surface area contributed by atoms with Gasteiger partial charge in [-0.2, -0.15) is 0 Å². The van der Waals surface area contributed by atoms with Gasteiger partial charge in [-0.3, -0.25) is 24.5 Å². The van der Waals surface area contributed by atoms with E-state index in [1.165, 1.54) is 24.3 Å². The van der Waals surface area contributed by atoms with Crippen molar-refractivity contribution in [2.75, 3.05) is 6.61 Å². The fraction of sp³-hybridized carbons (Fsp3) is 0.250. The van der Waals surface area contributed by atoms with Crippen molar-refractivity contribution in [2.45, 2.75) is 25.3 Å². The zero-order valence-corrected chi connectivity index (χ0v) is 19.5. The fourth-order valence-electron chi connectivity index (χ4n) is 2.95. The molecule has 0 saturated heterocycles. The minimum absolute atomic E-state index is 0.130. The first-order valence-corrected chi connectivity index (χ1v) is 10.7. The Morgan fingerprint density at radius 1 is 1.13 bits per heavy atom. The minimum atomic E-state index is -1.27. The zero-order valence-electron chi connectivity index (χ0n) is 16.3. The summed E-state index contributed by atoms with van der Waals surface area (Å²) in [6.07, 6.45) is -0.262. The normalized spacial score (nSPS) is 12.5. The number of nitrogens with two attached hydrogens (primary N) is 1. The third-order valence-corrected chi connectivity index (χ3v) is 5.26. The van der Waals surface area contributed by atoms with Crippen molar-refractivity contribution in [2.24, 2.45) is 5.73 Å². The number of carbonyl (C=O) groups excluding carboxylic acids is 3. The molecule has 164 valence electrons. The summed E-state index contributed by atoms with van der Waals surface area (Å²) in [7, 11) is 0. The topological polar surface area (TPSA) is 142 Å². The van der Waals surface area contributed by atoms with E-state index in [4.69, 9.17) is 10.5 Å². The maximum Gasteiger partial charge on any atom is 0.306 e. The number of hydrogen-bond donors (Lipinski definition) is 2. The van der Waals surface area contributed by atoms with E-state index in [1.807, 2.05) is 0 Å². The van der Waals surface area contributed by atoms with Crippen molar-refractivity contribution < 1.29 is 24.0 Å². The van der Waals surface area contributed by atoms with E-state index in [9.17, 15) is 24.5 Å². The molecule has 0 bridgehead atoms. The van der Waals surface area contributed by atoms with Crippen LogP contribution in [-0.4, -0.2) is 35.4 Å². The van der Waals surface area contributed by atoms with Crippen LogP contribution in [0.1, 0.15) is 35.2 Å². The SMILES string of the molecule is CCOC(=O)C[C@@H](c1ccc([N+](=O)[O-])cc1)[C@@H](NC(=O)c1cc(Br)cc(Br)c1)C(N)=O. The van der Waals surface area contributed by atoms with E-state index < -0.39 is 34.7 Å². The van der Waals surface area contributed by atoms with Gasteiger partial charge in [-0.15, -0.1) is 0 Å². The Kier molecular flexibility index (Phi) is 8.69. The van der Waals surface area contributed by atoms with E-state index >= 15 is 0 Å². The molecular weight excluding hydrogens is 538 g/mol. The Hall–Kier alpha value is -2.79. The molecule has 0 aliphatic rings. The molecule has 0 heterocycles. The summed E-state index contributed by atoms with van der Waals surface area (Å²) in [6.45, 7) is 1.77. The predicted molar refractivity (Wildman–Crippen MR) is 119 cm³/mol. The number of rotatable bonds is 9. The predicted octanol–water partition coefficient (Wildman–Crippen LogP) is 3.44. The van der Waals surface area contributed by atoms with Gasteiger partial charge in [0.15, 0.2) is 0 Å². The lowest BCUT2D eigenvalue weighted by molar-refractivity contribution is -0.384. The van der Waals surface area contributed by atoms with Crippen LogP contribution in [0.3, 0.4) is 0 Å². The summed E-state index contributed by atoms with van der Waals surface area (Å²) in [5, 5.41) is 13.5. The van der Waals surface area contributed by atoms with Crippen molar-refractivity contribution in [3.63, 3.8) is 0 Å². The second-order valence-electron chi connectivity index (χ2n) is 6.48. The smallest absolute Gasteiger partial charge is 0.306 e. The van der Waals surface area contributed by atoms with E-state index in [0.29, 0.717) is 14.5 Å². The van der Waals surface area contributed by atoms with Gasteiger partial charge >= 0.3 is 5.97 Å². The average Bonchev–Trinajstić information content (AvgIpc) is 2.69. The van der Waals surface area contributed by atoms with Crippen molar-refractivity contribution in [3.05, 3.63) is 72.7 Å². The number of carbonyl (C=O) groups is 3. The third-order valence-electron chi connectivity index (χ3n) is 4.34. The van der Waals surface area contributed by atoms with Crippen molar-refractivity contribution in [1.82, 2.24) is 5.32 Å². The standard InChI is InChI=1S/C20H19Br2N3O6/c1-2-31-17(26)10-16(11-3-5-15(6-4-11)25(29)30)18(19(23)27)24-20(28)12-7-13(21)9-14(22)8-12/h3-9,16,18H,2,10H2,1H3,(H2,23,27)(H,24,28)/t16-,18+/m0/s1. The van der Waals surface area contributed by atoms with E-state index in [-0.39, 0.29) is 24.3 Å². The lowest BCUT2D eigenvalue weighted by Crippen LogP contribution is -2.48. The van der Waals surface area contributed by atoms with Crippen molar-refractivity contribution >= 4 is 55.3 Å². The molecule has 0 aliphatic heterocycles. The van der Waals surface area contributed by atoms with Crippen LogP contribution in [0.15, 0.2) is 51.4 Å². The Balaban J connectivity index is 2.40. The van der Waals surface area contributed by atoms with E-state index in [2.05, 4.69) is 37.2 Å². The molecule has 2 amide bonds. The molecule has 2 aromatic rings. The summed E-state index contributed by atoms with van der Waals surface area (Å²) < 4.78 is 6.26. The van der Waals surface area contributed by atoms with Gasteiger partial charge in [0.25, 0.3) is 11.6 Å². The molecular formula is C20H19Br2N3O6. The molecule has 0 spiro atoms. The molecule has 0 unspecified atom stereocenters. The Morgan fingerprint density at radius 3 is 2.19 bits per heavy atom. The highest BCUT2D eigenvalue weighted by Gasteiger charge is 2.32. The minimum Gasteiger partial charge on any atom is -0.466 e. The number of ether oxygens (including phenoxy) is 1. The maximum absolute atomic E-state index is 12.8. The Labute approximate surface area is 194 Å². The van der Waals surface area contributed by atoms with E-state index in [1.54, 1.807) is 25.1 Å². The number of amides is 2. The molecule has 2 atom stereocenters. The van der Waals surface area contributed by atoms with Crippen LogP contribution < -0.4 is 11.1 Å². The summed E-state index contributed by atoms with van der Waals surface area (Å²) in [4.78, 5) is 47.6. The number of nitro groups is 1. The number of primary amides is 1. The average molecular weight is 557 g/mol. The second-order valence-corrected chi connectivity index (χ2v) is 8.31. The number of nitrogens with one attached hydrogen (secondary N) is 1. The molecule has 2 aromatic carbocycles. The number of halogens is 2. The summed E-state index contributed by atoms with van der Waals surface area (Å²) in [5.41, 5.74) is 6.07. The Bertz CT molecular complexity index is 977. The summed E-state index contributed by atoms with van der Waals surface area (Å²) in [5.74, 6) is -2.94. The van der Waals surface area contributed by atoms with Gasteiger partial charge in [-0.25, -0.2) is 0 Å². The molecule has 31 heavy (non-hydrogen) atoms. The van der Waals surface area contributed by atoms with Crippen LogP contribution in [0.25, 0.3) is 0 Å². The summed E-state index contributed by atoms with van der Waals surface area (Å²) in [6, 6.07) is 8.92. The van der Waals surface area contributed by atoms with Gasteiger partial charge in [0, 0.05) is 32.6 Å². The van der Waals surface area contributed by atoms with E-state index in [0.717, 1.165) is 0 Å². The fourth-order valence-corrected chi connectivity index (χ4v) is 4.24. The van der Waals surface area contributed by atoms with Gasteiger partial charge in [-0.05, 0) is 30.7 Å². The van der Waals surface area contributed by atoms with Gasteiger partial charge in [0.2, 0.25) is 5.91 Å². The molecule has 0 saturated carbocycles. The maximum atomic E-state index is 12.8. The molecule has 0 aliphatic carbocycles. The molecule has 0 aromatic heterocycles. The number of esters is 1. The second kappa shape index (κ2) is 11.0. The van der Waals surface area contributed by atoms with Crippen LogP contribution in [0.2, 0.25) is 0 Å². The molecule has 3 N–H and O–H groups in total. The Morgan fingerprint density at radius 2 is 1.71 bits per heavy atom. The number of benzene rings is 2.